The average molecular weight is 187 g/mol. The summed E-state index contributed by atoms with van der Waals surface area (Å²) in [6.07, 6.45) is 3.76. The van der Waals surface area contributed by atoms with Crippen molar-refractivity contribution < 1.29 is 0 Å². The van der Waals surface area contributed by atoms with Gasteiger partial charge >= 0.3 is 0 Å². The van der Waals surface area contributed by atoms with Crippen LogP contribution in [0, 0.1) is 0 Å². The molecule has 72 valence electrons. The van der Waals surface area contributed by atoms with Gasteiger partial charge in [0.2, 0.25) is 0 Å². The lowest BCUT2D eigenvalue weighted by Gasteiger charge is -2.00. The molecule has 0 saturated heterocycles. The molecule has 3 nitrogen and oxygen atoms in total. The predicted octanol–water partition coefficient (Wildman–Crippen LogP) is 1.89. The van der Waals surface area contributed by atoms with Gasteiger partial charge in [0.25, 0.3) is 0 Å². The van der Waals surface area contributed by atoms with Crippen LogP contribution in [0.4, 0.5) is 0 Å². The fraction of sp³-hybridized carbons (Fsp3) is 0.182. The van der Waals surface area contributed by atoms with Gasteiger partial charge in [-0.3, -0.25) is 0 Å². The van der Waals surface area contributed by atoms with Crippen LogP contribution in [0.15, 0.2) is 42.7 Å². The minimum absolute atomic E-state index is 0.0347. The van der Waals surface area contributed by atoms with Crippen molar-refractivity contribution in [1.82, 2.24) is 9.78 Å². The van der Waals surface area contributed by atoms with Crippen molar-refractivity contribution in [1.29, 1.82) is 0 Å². The highest BCUT2D eigenvalue weighted by molar-refractivity contribution is 5.31. The molecule has 3 heteroatoms. The number of nitrogens with zero attached hydrogens (tertiary/aromatic N) is 2. The fourth-order valence-electron chi connectivity index (χ4n) is 1.29. The number of hydrogen-bond donors (Lipinski definition) is 1. The van der Waals surface area contributed by atoms with Gasteiger partial charge in [-0.1, -0.05) is 18.2 Å². The molecule has 1 aromatic heterocycles. The van der Waals surface area contributed by atoms with Crippen LogP contribution >= 0.6 is 0 Å². The first-order valence-corrected chi connectivity index (χ1v) is 4.63. The minimum atomic E-state index is 0.0347. The second kappa shape index (κ2) is 3.64. The summed E-state index contributed by atoms with van der Waals surface area (Å²) in [5.41, 5.74) is 7.86. The van der Waals surface area contributed by atoms with E-state index >= 15 is 0 Å². The Kier molecular flexibility index (Phi) is 2.33. The third-order valence-corrected chi connectivity index (χ3v) is 2.15. The summed E-state index contributed by atoms with van der Waals surface area (Å²) in [5.74, 6) is 0. The van der Waals surface area contributed by atoms with E-state index in [1.807, 2.05) is 48.1 Å². The molecule has 0 radical (unpaired) electrons. The van der Waals surface area contributed by atoms with Gasteiger partial charge in [0, 0.05) is 17.8 Å². The van der Waals surface area contributed by atoms with Crippen LogP contribution in [-0.2, 0) is 0 Å². The molecule has 0 bridgehead atoms. The summed E-state index contributed by atoms with van der Waals surface area (Å²) in [5, 5.41) is 4.24. The first-order valence-electron chi connectivity index (χ1n) is 4.63. The summed E-state index contributed by atoms with van der Waals surface area (Å²) in [6.45, 7) is 1.95. The molecule has 1 heterocycles. The highest BCUT2D eigenvalue weighted by Crippen LogP contribution is 2.11. The number of para-hydroxylation sites is 1. The van der Waals surface area contributed by atoms with E-state index in [0.717, 1.165) is 11.3 Å². The van der Waals surface area contributed by atoms with Crippen LogP contribution in [0.2, 0.25) is 0 Å². The van der Waals surface area contributed by atoms with Gasteiger partial charge in [0.05, 0.1) is 11.9 Å². The van der Waals surface area contributed by atoms with E-state index in [9.17, 15) is 0 Å². The normalized spacial score (nSPS) is 12.7. The molecular weight excluding hydrogens is 174 g/mol. The standard InChI is InChI=1S/C11H13N3/c1-9(12)10-7-13-14(8-10)11-5-3-2-4-6-11/h2-9H,12H2,1H3/t9-/m1/s1. The first-order chi connectivity index (χ1) is 6.77. The van der Waals surface area contributed by atoms with Gasteiger partial charge in [0.1, 0.15) is 0 Å². The van der Waals surface area contributed by atoms with Gasteiger partial charge in [0.15, 0.2) is 0 Å². The molecule has 0 aliphatic rings. The van der Waals surface area contributed by atoms with E-state index in [1.165, 1.54) is 0 Å². The Morgan fingerprint density at radius 2 is 2.00 bits per heavy atom. The molecule has 0 unspecified atom stereocenters. The molecule has 0 amide bonds. The lowest BCUT2D eigenvalue weighted by molar-refractivity contribution is 0.816. The van der Waals surface area contributed by atoms with E-state index in [0.29, 0.717) is 0 Å². The van der Waals surface area contributed by atoms with Gasteiger partial charge in [-0.2, -0.15) is 5.10 Å². The van der Waals surface area contributed by atoms with Crippen molar-refractivity contribution in [3.63, 3.8) is 0 Å². The molecule has 0 fully saturated rings. The van der Waals surface area contributed by atoms with Crippen LogP contribution in [0.5, 0.6) is 0 Å². The highest BCUT2D eigenvalue weighted by atomic mass is 15.3. The fourth-order valence-corrected chi connectivity index (χ4v) is 1.29. The Balaban J connectivity index is 2.34. The molecular formula is C11H13N3. The van der Waals surface area contributed by atoms with Gasteiger partial charge in [-0.05, 0) is 19.1 Å². The quantitative estimate of drug-likeness (QED) is 0.780. The Morgan fingerprint density at radius 1 is 1.29 bits per heavy atom. The lowest BCUT2D eigenvalue weighted by Crippen LogP contribution is -2.03. The monoisotopic (exact) mass is 187 g/mol. The zero-order chi connectivity index (χ0) is 9.97. The lowest BCUT2D eigenvalue weighted by atomic mass is 10.2. The Labute approximate surface area is 83.2 Å². The Hall–Kier alpha value is -1.61. The van der Waals surface area contributed by atoms with Crippen LogP contribution in [0.1, 0.15) is 18.5 Å². The first kappa shape index (κ1) is 8.97. The predicted molar refractivity (Wildman–Crippen MR) is 56.2 cm³/mol. The molecule has 2 N–H and O–H groups in total. The summed E-state index contributed by atoms with van der Waals surface area (Å²) in [4.78, 5) is 0. The molecule has 14 heavy (non-hydrogen) atoms. The number of aromatic nitrogens is 2. The number of nitrogens with two attached hydrogens (primary N) is 1. The van der Waals surface area contributed by atoms with Crippen LogP contribution < -0.4 is 5.73 Å². The average Bonchev–Trinajstić information content (AvgIpc) is 2.68. The molecule has 2 aromatic rings. The highest BCUT2D eigenvalue weighted by Gasteiger charge is 2.03. The topological polar surface area (TPSA) is 43.8 Å². The van der Waals surface area contributed by atoms with E-state index in [1.54, 1.807) is 6.20 Å². The van der Waals surface area contributed by atoms with Gasteiger partial charge in [-0.15, -0.1) is 0 Å². The van der Waals surface area contributed by atoms with E-state index in [2.05, 4.69) is 5.10 Å². The second-order valence-corrected chi connectivity index (χ2v) is 3.34. The zero-order valence-electron chi connectivity index (χ0n) is 8.09. The molecule has 0 aliphatic heterocycles. The second-order valence-electron chi connectivity index (χ2n) is 3.34. The molecule has 2 rings (SSSR count). The van der Waals surface area contributed by atoms with Crippen LogP contribution in [0.3, 0.4) is 0 Å². The third-order valence-electron chi connectivity index (χ3n) is 2.15. The maximum atomic E-state index is 5.75. The van der Waals surface area contributed by atoms with E-state index in [4.69, 9.17) is 5.73 Å². The van der Waals surface area contributed by atoms with Crippen molar-refractivity contribution in [2.24, 2.45) is 5.73 Å². The van der Waals surface area contributed by atoms with Crippen molar-refractivity contribution in [2.75, 3.05) is 0 Å². The van der Waals surface area contributed by atoms with Gasteiger partial charge in [-0.25, -0.2) is 4.68 Å². The summed E-state index contributed by atoms with van der Waals surface area (Å²) < 4.78 is 1.83. The summed E-state index contributed by atoms with van der Waals surface area (Å²) in [6, 6.07) is 10.0. The maximum absolute atomic E-state index is 5.75. The van der Waals surface area contributed by atoms with Crippen molar-refractivity contribution >= 4 is 0 Å². The Morgan fingerprint density at radius 3 is 2.57 bits per heavy atom. The Bertz CT molecular complexity index is 403. The maximum Gasteiger partial charge on any atom is 0.0645 e. The molecule has 1 aromatic carbocycles. The van der Waals surface area contributed by atoms with Gasteiger partial charge < -0.3 is 5.73 Å². The molecule has 1 atom stereocenters. The van der Waals surface area contributed by atoms with Crippen LogP contribution in [-0.4, -0.2) is 9.78 Å². The number of hydrogen-bond acceptors (Lipinski definition) is 2. The van der Waals surface area contributed by atoms with Crippen molar-refractivity contribution in [3.05, 3.63) is 48.3 Å². The molecule has 0 spiro atoms. The zero-order valence-corrected chi connectivity index (χ0v) is 8.09. The smallest absolute Gasteiger partial charge is 0.0645 e. The number of benzene rings is 1. The summed E-state index contributed by atoms with van der Waals surface area (Å²) in [7, 11) is 0. The van der Waals surface area contributed by atoms with Crippen molar-refractivity contribution in [3.8, 4) is 5.69 Å². The molecule has 0 aliphatic carbocycles. The third kappa shape index (κ3) is 1.67. The van der Waals surface area contributed by atoms with E-state index in [-0.39, 0.29) is 6.04 Å². The minimum Gasteiger partial charge on any atom is -0.324 e. The number of rotatable bonds is 2. The van der Waals surface area contributed by atoms with Crippen LogP contribution in [0.25, 0.3) is 5.69 Å². The largest absolute Gasteiger partial charge is 0.324 e. The van der Waals surface area contributed by atoms with Crippen molar-refractivity contribution in [2.45, 2.75) is 13.0 Å². The SMILES string of the molecule is C[C@@H](N)c1cnn(-c2ccccc2)c1. The summed E-state index contributed by atoms with van der Waals surface area (Å²) >= 11 is 0. The van der Waals surface area contributed by atoms with E-state index < -0.39 is 0 Å². The molecule has 0 saturated carbocycles.